The Morgan fingerprint density at radius 3 is 3.19 bits per heavy atom. The van der Waals surface area contributed by atoms with Crippen molar-refractivity contribution in [2.24, 2.45) is 0 Å². The molecule has 0 aliphatic carbocycles. The van der Waals surface area contributed by atoms with Crippen LogP contribution < -0.4 is 5.32 Å². The summed E-state index contributed by atoms with van der Waals surface area (Å²) in [5.74, 6) is 5.21. The third-order valence-electron chi connectivity index (χ3n) is 2.41. The highest BCUT2D eigenvalue weighted by Crippen LogP contribution is 2.35. The zero-order valence-electron chi connectivity index (χ0n) is 9.44. The summed E-state index contributed by atoms with van der Waals surface area (Å²) in [5.41, 5.74) is 0. The second-order valence-electron chi connectivity index (χ2n) is 3.69. The maximum atomic E-state index is 5.25. The molecular formula is C10H17N3OS2. The van der Waals surface area contributed by atoms with E-state index in [0.717, 1.165) is 36.9 Å². The van der Waals surface area contributed by atoms with Gasteiger partial charge >= 0.3 is 0 Å². The van der Waals surface area contributed by atoms with Crippen molar-refractivity contribution in [1.82, 2.24) is 15.5 Å². The van der Waals surface area contributed by atoms with Crippen LogP contribution in [0.5, 0.6) is 0 Å². The highest BCUT2D eigenvalue weighted by molar-refractivity contribution is 8.06. The van der Waals surface area contributed by atoms with E-state index in [4.69, 9.17) is 4.52 Å². The molecule has 0 amide bonds. The molecule has 0 spiro atoms. The third-order valence-corrected chi connectivity index (χ3v) is 5.16. The number of aromatic nitrogens is 2. The fraction of sp³-hybridized carbons (Fsp3) is 0.800. The van der Waals surface area contributed by atoms with E-state index in [-0.39, 0.29) is 0 Å². The molecule has 0 saturated carbocycles. The van der Waals surface area contributed by atoms with Crippen LogP contribution in [-0.4, -0.2) is 41.0 Å². The molecule has 1 unspecified atom stereocenters. The lowest BCUT2D eigenvalue weighted by Gasteiger charge is -2.16. The highest BCUT2D eigenvalue weighted by atomic mass is 32.2. The molecule has 2 heterocycles. The van der Waals surface area contributed by atoms with Crippen molar-refractivity contribution < 1.29 is 4.52 Å². The molecule has 1 aromatic rings. The van der Waals surface area contributed by atoms with Crippen LogP contribution in [0.1, 0.15) is 23.4 Å². The van der Waals surface area contributed by atoms with Gasteiger partial charge in [-0.25, -0.2) is 0 Å². The van der Waals surface area contributed by atoms with E-state index in [9.17, 15) is 0 Å². The topological polar surface area (TPSA) is 51.0 Å². The van der Waals surface area contributed by atoms with Crippen LogP contribution >= 0.6 is 23.5 Å². The van der Waals surface area contributed by atoms with Gasteiger partial charge in [-0.05, 0) is 20.0 Å². The normalized spacial score (nSPS) is 21.2. The first-order valence-corrected chi connectivity index (χ1v) is 7.77. The average molecular weight is 259 g/mol. The van der Waals surface area contributed by atoms with E-state index in [1.807, 2.05) is 30.6 Å². The Hall–Kier alpha value is -0.200. The van der Waals surface area contributed by atoms with E-state index < -0.39 is 0 Å². The molecule has 4 nitrogen and oxygen atoms in total. The Morgan fingerprint density at radius 1 is 1.50 bits per heavy atom. The van der Waals surface area contributed by atoms with Gasteiger partial charge < -0.3 is 9.84 Å². The predicted molar refractivity (Wildman–Crippen MR) is 69.1 cm³/mol. The summed E-state index contributed by atoms with van der Waals surface area (Å²) < 4.78 is 5.25. The minimum atomic E-state index is 0.431. The van der Waals surface area contributed by atoms with Gasteiger partial charge in [0.1, 0.15) is 0 Å². The fourth-order valence-corrected chi connectivity index (χ4v) is 4.14. The number of nitrogens with one attached hydrogen (secondary N) is 1. The van der Waals surface area contributed by atoms with Crippen LogP contribution in [0.15, 0.2) is 4.52 Å². The number of hydrogen-bond donors (Lipinski definition) is 1. The molecule has 0 bridgehead atoms. The maximum Gasteiger partial charge on any atom is 0.226 e. The molecule has 1 fully saturated rings. The Bertz CT molecular complexity index is 313. The summed E-state index contributed by atoms with van der Waals surface area (Å²) in [7, 11) is 1.95. The van der Waals surface area contributed by atoms with Crippen molar-refractivity contribution in [1.29, 1.82) is 0 Å². The third kappa shape index (κ3) is 3.40. The molecule has 1 N–H and O–H groups in total. The number of nitrogens with zero attached hydrogens (tertiary/aromatic N) is 2. The fourth-order valence-electron chi connectivity index (χ4n) is 1.55. The number of rotatable bonds is 5. The molecule has 1 atom stereocenters. The molecule has 0 radical (unpaired) electrons. The van der Waals surface area contributed by atoms with Gasteiger partial charge in [-0.15, -0.1) is 11.8 Å². The van der Waals surface area contributed by atoms with E-state index in [1.54, 1.807) is 0 Å². The molecule has 1 aliphatic heterocycles. The molecule has 6 heteroatoms. The van der Waals surface area contributed by atoms with Gasteiger partial charge in [0, 0.05) is 23.7 Å². The standard InChI is InChI=1S/C10H17N3OS2/c1-11-4-2-3-9-12-10(13-14-9)8-7-15-5-6-16-8/h8,11H,2-7H2,1H3. The number of thioether (sulfide) groups is 2. The van der Waals surface area contributed by atoms with E-state index in [1.165, 1.54) is 11.5 Å². The molecule has 90 valence electrons. The van der Waals surface area contributed by atoms with Gasteiger partial charge in [0.05, 0.1) is 5.25 Å². The van der Waals surface area contributed by atoms with Gasteiger partial charge in [-0.1, -0.05) is 5.16 Å². The minimum absolute atomic E-state index is 0.431. The van der Waals surface area contributed by atoms with Gasteiger partial charge in [-0.3, -0.25) is 0 Å². The quantitative estimate of drug-likeness (QED) is 0.813. The minimum Gasteiger partial charge on any atom is -0.339 e. The second kappa shape index (κ2) is 6.51. The lowest BCUT2D eigenvalue weighted by Crippen LogP contribution is -2.09. The largest absolute Gasteiger partial charge is 0.339 e. The Morgan fingerprint density at radius 2 is 2.44 bits per heavy atom. The highest BCUT2D eigenvalue weighted by Gasteiger charge is 2.21. The molecular weight excluding hydrogens is 242 g/mol. The van der Waals surface area contributed by atoms with Gasteiger partial charge in [-0.2, -0.15) is 16.7 Å². The molecule has 0 aromatic carbocycles. The average Bonchev–Trinajstić information content (AvgIpc) is 2.79. The van der Waals surface area contributed by atoms with Crippen molar-refractivity contribution >= 4 is 23.5 Å². The molecule has 2 rings (SSSR count). The van der Waals surface area contributed by atoms with Crippen LogP contribution in [0, 0.1) is 0 Å². The Balaban J connectivity index is 1.85. The summed E-state index contributed by atoms with van der Waals surface area (Å²) in [4.78, 5) is 4.47. The first-order chi connectivity index (χ1) is 7.90. The van der Waals surface area contributed by atoms with Gasteiger partial charge in [0.2, 0.25) is 5.89 Å². The number of aryl methyl sites for hydroxylation is 1. The molecule has 1 saturated heterocycles. The monoisotopic (exact) mass is 259 g/mol. The van der Waals surface area contributed by atoms with Crippen molar-refractivity contribution in [3.63, 3.8) is 0 Å². The van der Waals surface area contributed by atoms with E-state index in [2.05, 4.69) is 15.5 Å². The SMILES string of the molecule is CNCCCc1nc(C2CSCCS2)no1. The lowest BCUT2D eigenvalue weighted by atomic mass is 10.3. The summed E-state index contributed by atoms with van der Waals surface area (Å²) in [5, 5.41) is 7.62. The van der Waals surface area contributed by atoms with Crippen molar-refractivity contribution in [2.75, 3.05) is 30.9 Å². The summed E-state index contributed by atoms with van der Waals surface area (Å²) in [6.45, 7) is 0.992. The van der Waals surface area contributed by atoms with E-state index >= 15 is 0 Å². The van der Waals surface area contributed by atoms with E-state index in [0.29, 0.717) is 5.25 Å². The van der Waals surface area contributed by atoms with Gasteiger partial charge in [0.15, 0.2) is 5.82 Å². The van der Waals surface area contributed by atoms with Crippen molar-refractivity contribution in [2.45, 2.75) is 18.1 Å². The Labute approximate surface area is 104 Å². The molecule has 1 aliphatic rings. The summed E-state index contributed by atoms with van der Waals surface area (Å²) >= 11 is 3.92. The maximum absolute atomic E-state index is 5.25. The lowest BCUT2D eigenvalue weighted by molar-refractivity contribution is 0.370. The van der Waals surface area contributed by atoms with Crippen LogP contribution in [0.4, 0.5) is 0 Å². The zero-order valence-corrected chi connectivity index (χ0v) is 11.1. The number of hydrogen-bond acceptors (Lipinski definition) is 6. The summed E-state index contributed by atoms with van der Waals surface area (Å²) in [6, 6.07) is 0. The zero-order chi connectivity index (χ0) is 11.2. The molecule has 1 aromatic heterocycles. The first kappa shape index (κ1) is 12.3. The van der Waals surface area contributed by atoms with Crippen LogP contribution in [0.3, 0.4) is 0 Å². The van der Waals surface area contributed by atoms with Crippen molar-refractivity contribution in [3.8, 4) is 0 Å². The van der Waals surface area contributed by atoms with Crippen molar-refractivity contribution in [3.05, 3.63) is 11.7 Å². The first-order valence-electron chi connectivity index (χ1n) is 5.56. The van der Waals surface area contributed by atoms with Crippen LogP contribution in [0.25, 0.3) is 0 Å². The summed E-state index contributed by atoms with van der Waals surface area (Å²) in [6.07, 6.45) is 1.92. The smallest absolute Gasteiger partial charge is 0.226 e. The Kier molecular flexibility index (Phi) is 4.99. The predicted octanol–water partition coefficient (Wildman–Crippen LogP) is 1.74. The van der Waals surface area contributed by atoms with Crippen LogP contribution in [-0.2, 0) is 6.42 Å². The van der Waals surface area contributed by atoms with Gasteiger partial charge in [0.25, 0.3) is 0 Å². The molecule has 16 heavy (non-hydrogen) atoms. The van der Waals surface area contributed by atoms with Crippen LogP contribution in [0.2, 0.25) is 0 Å². The second-order valence-corrected chi connectivity index (χ2v) is 6.15.